The van der Waals surface area contributed by atoms with Crippen molar-refractivity contribution in [1.82, 2.24) is 0 Å². The maximum Gasteiger partial charge on any atom is 0.0345 e. The molecule has 0 bridgehead atoms. The van der Waals surface area contributed by atoms with Gasteiger partial charge < -0.3 is 0 Å². The van der Waals surface area contributed by atoms with Crippen LogP contribution in [0, 0.1) is 0 Å². The third-order valence-electron chi connectivity index (χ3n) is 2.63. The molecule has 0 saturated carbocycles. The van der Waals surface area contributed by atoms with E-state index in [1.165, 1.54) is 20.9 Å². The molecular formula is C14H16S. The number of thiophene rings is 1. The lowest BCUT2D eigenvalue weighted by Crippen LogP contribution is -1.79. The molecule has 0 saturated heterocycles. The Hall–Kier alpha value is -1.08. The Balaban J connectivity index is 2.35. The van der Waals surface area contributed by atoms with Crippen molar-refractivity contribution < 1.29 is 0 Å². The number of rotatable bonds is 3. The van der Waals surface area contributed by atoms with Gasteiger partial charge in [0.25, 0.3) is 0 Å². The first-order valence-corrected chi connectivity index (χ1v) is 6.33. The third kappa shape index (κ3) is 2.29. The largest absolute Gasteiger partial charge is 0.140 e. The molecule has 0 unspecified atom stereocenters. The summed E-state index contributed by atoms with van der Waals surface area (Å²) in [4.78, 5) is 2.86. The zero-order chi connectivity index (χ0) is 10.7. The van der Waals surface area contributed by atoms with Crippen LogP contribution < -0.4 is 0 Å². The maximum atomic E-state index is 2.30. The van der Waals surface area contributed by atoms with E-state index >= 15 is 0 Å². The van der Waals surface area contributed by atoms with Crippen LogP contribution in [-0.2, 0) is 12.8 Å². The Bertz CT molecular complexity index is 440. The van der Waals surface area contributed by atoms with Gasteiger partial charge in [0.1, 0.15) is 0 Å². The van der Waals surface area contributed by atoms with E-state index in [9.17, 15) is 0 Å². The molecule has 0 nitrogen and oxygen atoms in total. The van der Waals surface area contributed by atoms with Crippen LogP contribution in [0.25, 0.3) is 10.4 Å². The van der Waals surface area contributed by atoms with Gasteiger partial charge in [0.05, 0.1) is 0 Å². The van der Waals surface area contributed by atoms with Crippen LogP contribution >= 0.6 is 11.3 Å². The van der Waals surface area contributed by atoms with Crippen LogP contribution in [0.3, 0.4) is 0 Å². The first-order valence-electron chi connectivity index (χ1n) is 5.51. The highest BCUT2D eigenvalue weighted by Crippen LogP contribution is 2.28. The molecule has 78 valence electrons. The average Bonchev–Trinajstić information content (AvgIpc) is 2.78. The van der Waals surface area contributed by atoms with Gasteiger partial charge in [-0.1, -0.05) is 38.1 Å². The fraction of sp³-hybridized carbons (Fsp3) is 0.286. The van der Waals surface area contributed by atoms with E-state index in [0.29, 0.717) is 0 Å². The molecule has 1 aromatic carbocycles. The van der Waals surface area contributed by atoms with Gasteiger partial charge in [0.15, 0.2) is 0 Å². The van der Waals surface area contributed by atoms with E-state index in [1.54, 1.807) is 0 Å². The molecule has 0 radical (unpaired) electrons. The molecule has 0 spiro atoms. The molecule has 2 rings (SSSR count). The first-order chi connectivity index (χ1) is 7.33. The Morgan fingerprint density at radius 3 is 2.53 bits per heavy atom. The quantitative estimate of drug-likeness (QED) is 0.706. The molecule has 0 N–H and O–H groups in total. The van der Waals surface area contributed by atoms with E-state index < -0.39 is 0 Å². The summed E-state index contributed by atoms with van der Waals surface area (Å²) in [5, 5.41) is 0. The molecule has 1 heterocycles. The van der Waals surface area contributed by atoms with E-state index in [1.807, 2.05) is 11.3 Å². The van der Waals surface area contributed by atoms with Gasteiger partial charge in [-0.15, -0.1) is 11.3 Å². The first kappa shape index (κ1) is 10.4. The number of aryl methyl sites for hydroxylation is 2. The minimum atomic E-state index is 1.11. The second-order valence-electron chi connectivity index (χ2n) is 3.67. The lowest BCUT2D eigenvalue weighted by molar-refractivity contribution is 1.14. The molecule has 0 aliphatic rings. The summed E-state index contributed by atoms with van der Waals surface area (Å²) in [5.41, 5.74) is 2.78. The van der Waals surface area contributed by atoms with Crippen LogP contribution in [0.1, 0.15) is 24.3 Å². The van der Waals surface area contributed by atoms with Crippen LogP contribution in [0.15, 0.2) is 36.4 Å². The predicted molar refractivity (Wildman–Crippen MR) is 68.5 cm³/mol. The van der Waals surface area contributed by atoms with Crippen LogP contribution in [0.5, 0.6) is 0 Å². The fourth-order valence-corrected chi connectivity index (χ4v) is 2.61. The van der Waals surface area contributed by atoms with Crippen molar-refractivity contribution in [1.29, 1.82) is 0 Å². The second kappa shape index (κ2) is 4.63. The molecule has 15 heavy (non-hydrogen) atoms. The Labute approximate surface area is 95.6 Å². The minimum Gasteiger partial charge on any atom is -0.140 e. The molecule has 0 amide bonds. The summed E-state index contributed by atoms with van der Waals surface area (Å²) in [6.07, 6.45) is 2.25. The summed E-state index contributed by atoms with van der Waals surface area (Å²) >= 11 is 1.91. The van der Waals surface area contributed by atoms with Crippen molar-refractivity contribution in [3.63, 3.8) is 0 Å². The normalized spacial score (nSPS) is 10.5. The van der Waals surface area contributed by atoms with Crippen LogP contribution in [-0.4, -0.2) is 0 Å². The van der Waals surface area contributed by atoms with Crippen molar-refractivity contribution in [2.24, 2.45) is 0 Å². The molecule has 2 aromatic rings. The second-order valence-corrected chi connectivity index (χ2v) is 4.84. The monoisotopic (exact) mass is 216 g/mol. The fourth-order valence-electron chi connectivity index (χ4n) is 1.67. The lowest BCUT2D eigenvalue weighted by atomic mass is 10.1. The SMILES string of the molecule is CCc1cccc(-c2ccc(CC)s2)c1. The van der Waals surface area contributed by atoms with E-state index in [-0.39, 0.29) is 0 Å². The summed E-state index contributed by atoms with van der Waals surface area (Å²) in [6.45, 7) is 4.41. The van der Waals surface area contributed by atoms with Gasteiger partial charge in [0, 0.05) is 9.75 Å². The van der Waals surface area contributed by atoms with Crippen LogP contribution in [0.4, 0.5) is 0 Å². The van der Waals surface area contributed by atoms with Gasteiger partial charge in [-0.05, 0) is 36.1 Å². The van der Waals surface area contributed by atoms with E-state index in [2.05, 4.69) is 50.2 Å². The highest BCUT2D eigenvalue weighted by atomic mass is 32.1. The van der Waals surface area contributed by atoms with Crippen LogP contribution in [0.2, 0.25) is 0 Å². The molecule has 0 aliphatic heterocycles. The Morgan fingerprint density at radius 1 is 1.00 bits per heavy atom. The molecule has 1 heteroatoms. The topological polar surface area (TPSA) is 0 Å². The smallest absolute Gasteiger partial charge is 0.0345 e. The Morgan fingerprint density at radius 2 is 1.87 bits per heavy atom. The van der Waals surface area contributed by atoms with Gasteiger partial charge in [0.2, 0.25) is 0 Å². The number of hydrogen-bond donors (Lipinski definition) is 0. The van der Waals surface area contributed by atoms with Crippen molar-refractivity contribution in [3.8, 4) is 10.4 Å². The van der Waals surface area contributed by atoms with Crippen molar-refractivity contribution in [2.75, 3.05) is 0 Å². The summed E-state index contributed by atoms with van der Waals surface area (Å²) in [6, 6.07) is 13.3. The third-order valence-corrected chi connectivity index (χ3v) is 3.91. The van der Waals surface area contributed by atoms with E-state index in [0.717, 1.165) is 12.8 Å². The summed E-state index contributed by atoms with van der Waals surface area (Å²) < 4.78 is 0. The van der Waals surface area contributed by atoms with Gasteiger partial charge in [-0.3, -0.25) is 0 Å². The highest BCUT2D eigenvalue weighted by molar-refractivity contribution is 7.15. The zero-order valence-electron chi connectivity index (χ0n) is 9.29. The number of hydrogen-bond acceptors (Lipinski definition) is 1. The minimum absolute atomic E-state index is 1.11. The average molecular weight is 216 g/mol. The van der Waals surface area contributed by atoms with Gasteiger partial charge >= 0.3 is 0 Å². The zero-order valence-corrected chi connectivity index (χ0v) is 10.1. The van der Waals surface area contributed by atoms with Crippen molar-refractivity contribution in [2.45, 2.75) is 26.7 Å². The number of benzene rings is 1. The highest BCUT2D eigenvalue weighted by Gasteiger charge is 2.01. The standard InChI is InChI=1S/C14H16S/c1-3-11-6-5-7-12(10-11)14-9-8-13(4-2)15-14/h5-10H,3-4H2,1-2H3. The molecule has 0 aliphatic carbocycles. The molecule has 0 fully saturated rings. The lowest BCUT2D eigenvalue weighted by Gasteiger charge is -2.00. The predicted octanol–water partition coefficient (Wildman–Crippen LogP) is 4.54. The molecule has 1 aromatic heterocycles. The summed E-state index contributed by atoms with van der Waals surface area (Å²) in [7, 11) is 0. The van der Waals surface area contributed by atoms with Gasteiger partial charge in [-0.25, -0.2) is 0 Å². The maximum absolute atomic E-state index is 2.30. The molecule has 0 atom stereocenters. The van der Waals surface area contributed by atoms with Gasteiger partial charge in [-0.2, -0.15) is 0 Å². The Kier molecular flexibility index (Phi) is 3.22. The van der Waals surface area contributed by atoms with Crippen molar-refractivity contribution in [3.05, 3.63) is 46.8 Å². The van der Waals surface area contributed by atoms with E-state index in [4.69, 9.17) is 0 Å². The molecular weight excluding hydrogens is 200 g/mol. The van der Waals surface area contributed by atoms with Crippen molar-refractivity contribution >= 4 is 11.3 Å². The summed E-state index contributed by atoms with van der Waals surface area (Å²) in [5.74, 6) is 0.